The molecule has 136 valence electrons. The van der Waals surface area contributed by atoms with E-state index in [0.29, 0.717) is 6.42 Å². The molecule has 5 heteroatoms. The van der Waals surface area contributed by atoms with Crippen molar-refractivity contribution in [2.24, 2.45) is 0 Å². The van der Waals surface area contributed by atoms with Gasteiger partial charge < -0.3 is 5.11 Å². The Morgan fingerprint density at radius 3 is 2.28 bits per heavy atom. The maximum absolute atomic E-state index is 12.3. The lowest BCUT2D eigenvalue weighted by atomic mass is 10.1. The monoisotopic (exact) mass is 361 g/mol. The smallest absolute Gasteiger partial charge is 0.232 e. The summed E-state index contributed by atoms with van der Waals surface area (Å²) in [7, 11) is -3.46. The zero-order valence-electron chi connectivity index (χ0n) is 14.7. The van der Waals surface area contributed by atoms with Gasteiger partial charge in [0.15, 0.2) is 0 Å². The Morgan fingerprint density at radius 1 is 0.880 bits per heavy atom. The number of anilines is 1. The van der Waals surface area contributed by atoms with Gasteiger partial charge >= 0.3 is 0 Å². The van der Waals surface area contributed by atoms with Crippen LogP contribution in [0.15, 0.2) is 48.5 Å². The third-order valence-electron chi connectivity index (χ3n) is 4.14. The van der Waals surface area contributed by atoms with Crippen molar-refractivity contribution in [3.63, 3.8) is 0 Å². The Labute approximate surface area is 151 Å². The molecule has 4 nitrogen and oxygen atoms in total. The van der Waals surface area contributed by atoms with Gasteiger partial charge in [-0.2, -0.15) is 0 Å². The van der Waals surface area contributed by atoms with E-state index in [4.69, 9.17) is 0 Å². The highest BCUT2D eigenvalue weighted by Gasteiger charge is 2.13. The lowest BCUT2D eigenvalue weighted by Crippen LogP contribution is -2.16. The quantitative estimate of drug-likeness (QED) is 0.454. The SMILES string of the molecule is CCCCCCCCS(=O)(=O)Nc1cc(-c2ccccc2)ccc1O. The molecule has 0 aliphatic heterocycles. The maximum Gasteiger partial charge on any atom is 0.232 e. The summed E-state index contributed by atoms with van der Waals surface area (Å²) in [5, 5.41) is 9.99. The molecule has 25 heavy (non-hydrogen) atoms. The highest BCUT2D eigenvalue weighted by Crippen LogP contribution is 2.30. The Hall–Kier alpha value is -2.01. The molecule has 0 heterocycles. The van der Waals surface area contributed by atoms with Gasteiger partial charge in [0.25, 0.3) is 0 Å². The standard InChI is InChI=1S/C20H27NO3S/c1-2-3-4-5-6-10-15-25(23,24)21-19-16-18(13-14-20(19)22)17-11-8-7-9-12-17/h7-9,11-14,16,21-22H,2-6,10,15H2,1H3. The molecule has 0 fully saturated rings. The number of phenols is 1. The molecular formula is C20H27NO3S. The van der Waals surface area contributed by atoms with Crippen molar-refractivity contribution < 1.29 is 13.5 Å². The predicted octanol–water partition coefficient (Wildman–Crippen LogP) is 5.16. The molecule has 0 unspecified atom stereocenters. The van der Waals surface area contributed by atoms with Gasteiger partial charge in [0, 0.05) is 0 Å². The van der Waals surface area contributed by atoms with Crippen LogP contribution >= 0.6 is 0 Å². The number of benzene rings is 2. The molecule has 0 amide bonds. The van der Waals surface area contributed by atoms with Crippen LogP contribution in [-0.4, -0.2) is 19.3 Å². The number of aromatic hydroxyl groups is 1. The largest absolute Gasteiger partial charge is 0.506 e. The molecule has 0 radical (unpaired) electrons. The number of hydrogen-bond acceptors (Lipinski definition) is 3. The van der Waals surface area contributed by atoms with Crippen molar-refractivity contribution in [1.29, 1.82) is 0 Å². The van der Waals surface area contributed by atoms with E-state index in [-0.39, 0.29) is 17.2 Å². The fourth-order valence-corrected chi connectivity index (χ4v) is 3.90. The normalized spacial score (nSPS) is 11.4. The molecule has 0 aromatic heterocycles. The molecular weight excluding hydrogens is 334 g/mol. The number of unbranched alkanes of at least 4 members (excludes halogenated alkanes) is 5. The second-order valence-corrected chi connectivity index (χ2v) is 8.13. The Morgan fingerprint density at radius 2 is 1.56 bits per heavy atom. The van der Waals surface area contributed by atoms with Crippen molar-refractivity contribution in [3.05, 3.63) is 48.5 Å². The van der Waals surface area contributed by atoms with Crippen LogP contribution < -0.4 is 4.72 Å². The molecule has 2 aromatic carbocycles. The number of sulfonamides is 1. The van der Waals surface area contributed by atoms with Gasteiger partial charge in [0.1, 0.15) is 5.75 Å². The maximum atomic E-state index is 12.3. The van der Waals surface area contributed by atoms with Gasteiger partial charge in [0.2, 0.25) is 10.0 Å². The minimum absolute atomic E-state index is 0.0637. The van der Waals surface area contributed by atoms with E-state index in [9.17, 15) is 13.5 Å². The molecule has 2 N–H and O–H groups in total. The van der Waals surface area contributed by atoms with Crippen LogP contribution in [0.4, 0.5) is 5.69 Å². The van der Waals surface area contributed by atoms with Crippen LogP contribution in [0, 0.1) is 0 Å². The lowest BCUT2D eigenvalue weighted by Gasteiger charge is -2.11. The van der Waals surface area contributed by atoms with Gasteiger partial charge in [-0.1, -0.05) is 75.4 Å². The molecule has 2 aromatic rings. The summed E-state index contributed by atoms with van der Waals surface area (Å²) in [6, 6.07) is 14.6. The van der Waals surface area contributed by atoms with Gasteiger partial charge in [0.05, 0.1) is 11.4 Å². The van der Waals surface area contributed by atoms with Crippen LogP contribution in [0.1, 0.15) is 45.4 Å². The van der Waals surface area contributed by atoms with E-state index >= 15 is 0 Å². The first kappa shape index (κ1) is 19.3. The number of nitrogens with one attached hydrogen (secondary N) is 1. The Kier molecular flexibility index (Phi) is 7.31. The second kappa shape index (κ2) is 9.47. The Bertz CT molecular complexity index is 758. The van der Waals surface area contributed by atoms with Gasteiger partial charge in [-0.05, 0) is 29.7 Å². The average molecular weight is 362 g/mol. The fourth-order valence-electron chi connectivity index (χ4n) is 2.72. The van der Waals surface area contributed by atoms with E-state index in [0.717, 1.165) is 30.4 Å². The lowest BCUT2D eigenvalue weighted by molar-refractivity contribution is 0.477. The second-order valence-electron chi connectivity index (χ2n) is 6.29. The van der Waals surface area contributed by atoms with Gasteiger partial charge in [-0.25, -0.2) is 8.42 Å². The first-order valence-corrected chi connectivity index (χ1v) is 10.6. The van der Waals surface area contributed by atoms with Gasteiger partial charge in [-0.3, -0.25) is 4.72 Å². The topological polar surface area (TPSA) is 66.4 Å². The molecule has 0 aliphatic carbocycles. The molecule has 0 saturated carbocycles. The van der Waals surface area contributed by atoms with Crippen molar-refractivity contribution >= 4 is 15.7 Å². The summed E-state index contributed by atoms with van der Waals surface area (Å²) in [5.41, 5.74) is 2.06. The number of hydrogen-bond donors (Lipinski definition) is 2. The fraction of sp³-hybridized carbons (Fsp3) is 0.400. The zero-order chi connectivity index (χ0) is 18.1. The van der Waals surface area contributed by atoms with E-state index in [1.165, 1.54) is 18.9 Å². The molecule has 0 aliphatic rings. The van der Waals surface area contributed by atoms with Crippen LogP contribution in [0.5, 0.6) is 5.75 Å². The average Bonchev–Trinajstić information content (AvgIpc) is 2.60. The number of phenolic OH excluding ortho intramolecular Hbond substituents is 1. The van der Waals surface area contributed by atoms with Crippen LogP contribution in [0.3, 0.4) is 0 Å². The molecule has 2 rings (SSSR count). The van der Waals surface area contributed by atoms with E-state index in [1.54, 1.807) is 12.1 Å². The van der Waals surface area contributed by atoms with E-state index in [1.807, 2.05) is 30.3 Å². The van der Waals surface area contributed by atoms with Crippen LogP contribution in [0.25, 0.3) is 11.1 Å². The van der Waals surface area contributed by atoms with Crippen molar-refractivity contribution in [3.8, 4) is 16.9 Å². The summed E-state index contributed by atoms with van der Waals surface area (Å²) in [6.07, 6.45) is 6.15. The third kappa shape index (κ3) is 6.42. The van der Waals surface area contributed by atoms with Crippen molar-refractivity contribution in [2.75, 3.05) is 10.5 Å². The van der Waals surface area contributed by atoms with Gasteiger partial charge in [-0.15, -0.1) is 0 Å². The van der Waals surface area contributed by atoms with Crippen LogP contribution in [-0.2, 0) is 10.0 Å². The Balaban J connectivity index is 1.98. The summed E-state index contributed by atoms with van der Waals surface area (Å²) < 4.78 is 27.1. The van der Waals surface area contributed by atoms with E-state index in [2.05, 4.69) is 11.6 Å². The van der Waals surface area contributed by atoms with Crippen molar-refractivity contribution in [1.82, 2.24) is 0 Å². The first-order valence-electron chi connectivity index (χ1n) is 8.91. The minimum Gasteiger partial charge on any atom is -0.506 e. The van der Waals surface area contributed by atoms with Crippen molar-refractivity contribution in [2.45, 2.75) is 45.4 Å². The summed E-state index contributed by atoms with van der Waals surface area (Å²) in [5.74, 6) is 0.0138. The molecule has 0 spiro atoms. The third-order valence-corrected chi connectivity index (χ3v) is 5.49. The summed E-state index contributed by atoms with van der Waals surface area (Å²) in [6.45, 7) is 2.16. The molecule has 0 atom stereocenters. The molecule has 0 bridgehead atoms. The zero-order valence-corrected chi connectivity index (χ0v) is 15.6. The van der Waals surface area contributed by atoms with E-state index < -0.39 is 10.0 Å². The summed E-state index contributed by atoms with van der Waals surface area (Å²) in [4.78, 5) is 0. The minimum atomic E-state index is -3.46. The first-order chi connectivity index (χ1) is 12.0. The highest BCUT2D eigenvalue weighted by atomic mass is 32.2. The summed E-state index contributed by atoms with van der Waals surface area (Å²) >= 11 is 0. The highest BCUT2D eigenvalue weighted by molar-refractivity contribution is 7.92. The number of rotatable bonds is 10. The predicted molar refractivity (Wildman–Crippen MR) is 104 cm³/mol. The molecule has 0 saturated heterocycles. The van der Waals surface area contributed by atoms with Crippen LogP contribution in [0.2, 0.25) is 0 Å².